The van der Waals surface area contributed by atoms with Gasteiger partial charge in [0.05, 0.1) is 0 Å². The Morgan fingerprint density at radius 1 is 1.20 bits per heavy atom. The van der Waals surface area contributed by atoms with Crippen LogP contribution in [0.4, 0.5) is 8.78 Å². The van der Waals surface area contributed by atoms with Crippen molar-refractivity contribution in [3.63, 3.8) is 0 Å². The van der Waals surface area contributed by atoms with Crippen LogP contribution in [0.25, 0.3) is 0 Å². The standard InChI is InChI=1S/C16H20F2N2/c1-3-5-19-12(2)14-4-6-20(11-14)10-13-7-15(17)9-16(18)8-13/h4,6-9,11-12,19H,3,5,10H2,1-2H3. The van der Waals surface area contributed by atoms with Crippen LogP contribution in [0.3, 0.4) is 0 Å². The normalized spacial score (nSPS) is 12.6. The molecule has 0 radical (unpaired) electrons. The third-order valence-corrected chi connectivity index (χ3v) is 3.26. The number of nitrogens with one attached hydrogen (secondary N) is 1. The van der Waals surface area contributed by atoms with Gasteiger partial charge in [-0.25, -0.2) is 8.78 Å². The fraction of sp³-hybridized carbons (Fsp3) is 0.375. The summed E-state index contributed by atoms with van der Waals surface area (Å²) in [7, 11) is 0. The SMILES string of the molecule is CCCNC(C)c1ccn(Cc2cc(F)cc(F)c2)c1. The predicted octanol–water partition coefficient (Wildman–Crippen LogP) is 3.88. The number of rotatable bonds is 6. The third-order valence-electron chi connectivity index (χ3n) is 3.26. The number of aromatic nitrogens is 1. The summed E-state index contributed by atoms with van der Waals surface area (Å²) in [6, 6.07) is 5.92. The minimum atomic E-state index is -0.537. The van der Waals surface area contributed by atoms with Gasteiger partial charge in [-0.05, 0) is 49.2 Å². The molecule has 0 fully saturated rings. The Balaban J connectivity index is 2.05. The molecule has 0 aliphatic rings. The molecule has 0 saturated carbocycles. The lowest BCUT2D eigenvalue weighted by Gasteiger charge is -2.11. The van der Waals surface area contributed by atoms with Gasteiger partial charge in [0.25, 0.3) is 0 Å². The first-order valence-corrected chi connectivity index (χ1v) is 6.92. The van der Waals surface area contributed by atoms with Gasteiger partial charge in [-0.2, -0.15) is 0 Å². The molecule has 1 unspecified atom stereocenters. The number of hydrogen-bond acceptors (Lipinski definition) is 1. The molecule has 1 atom stereocenters. The molecule has 0 spiro atoms. The average molecular weight is 278 g/mol. The van der Waals surface area contributed by atoms with E-state index in [1.807, 2.05) is 23.0 Å². The average Bonchev–Trinajstić information content (AvgIpc) is 2.83. The molecule has 1 aromatic carbocycles. The van der Waals surface area contributed by atoms with E-state index in [1.54, 1.807) is 0 Å². The highest BCUT2D eigenvalue weighted by molar-refractivity contribution is 5.20. The van der Waals surface area contributed by atoms with Gasteiger partial charge in [-0.1, -0.05) is 6.92 Å². The molecule has 1 N–H and O–H groups in total. The Hall–Kier alpha value is -1.68. The molecule has 1 heterocycles. The smallest absolute Gasteiger partial charge is 0.126 e. The molecular weight excluding hydrogens is 258 g/mol. The topological polar surface area (TPSA) is 17.0 Å². The molecule has 1 aromatic heterocycles. The number of nitrogens with zero attached hydrogens (tertiary/aromatic N) is 1. The molecule has 0 saturated heterocycles. The summed E-state index contributed by atoms with van der Waals surface area (Å²) < 4.78 is 28.2. The van der Waals surface area contributed by atoms with E-state index < -0.39 is 11.6 Å². The summed E-state index contributed by atoms with van der Waals surface area (Å²) in [5.74, 6) is -1.07. The van der Waals surface area contributed by atoms with Gasteiger partial charge in [0, 0.05) is 31.0 Å². The van der Waals surface area contributed by atoms with Crippen LogP contribution in [0.1, 0.15) is 37.4 Å². The van der Waals surface area contributed by atoms with E-state index in [0.29, 0.717) is 12.1 Å². The minimum absolute atomic E-state index is 0.278. The highest BCUT2D eigenvalue weighted by Crippen LogP contribution is 2.15. The van der Waals surface area contributed by atoms with Crippen molar-refractivity contribution in [2.75, 3.05) is 6.54 Å². The van der Waals surface area contributed by atoms with Crippen LogP contribution in [0, 0.1) is 11.6 Å². The monoisotopic (exact) mass is 278 g/mol. The van der Waals surface area contributed by atoms with E-state index in [2.05, 4.69) is 19.2 Å². The largest absolute Gasteiger partial charge is 0.350 e. The third kappa shape index (κ3) is 3.90. The molecule has 0 amide bonds. The summed E-state index contributed by atoms with van der Waals surface area (Å²) in [5, 5.41) is 3.41. The second kappa shape index (κ2) is 6.66. The maximum absolute atomic E-state index is 13.1. The maximum Gasteiger partial charge on any atom is 0.126 e. The summed E-state index contributed by atoms with van der Waals surface area (Å²) in [5.41, 5.74) is 1.80. The molecule has 0 aliphatic heterocycles. The molecule has 2 nitrogen and oxygen atoms in total. The van der Waals surface area contributed by atoms with Crippen LogP contribution >= 0.6 is 0 Å². The van der Waals surface area contributed by atoms with E-state index in [9.17, 15) is 8.78 Å². The molecule has 20 heavy (non-hydrogen) atoms. The van der Waals surface area contributed by atoms with Crippen LogP contribution in [0.15, 0.2) is 36.7 Å². The van der Waals surface area contributed by atoms with Crippen LogP contribution in [0.5, 0.6) is 0 Å². The Morgan fingerprint density at radius 3 is 2.55 bits per heavy atom. The lowest BCUT2D eigenvalue weighted by molar-refractivity contribution is 0.568. The zero-order chi connectivity index (χ0) is 14.5. The highest BCUT2D eigenvalue weighted by Gasteiger charge is 2.07. The molecule has 0 aliphatic carbocycles. The van der Waals surface area contributed by atoms with Crippen molar-refractivity contribution in [2.24, 2.45) is 0 Å². The maximum atomic E-state index is 13.1. The van der Waals surface area contributed by atoms with E-state index in [4.69, 9.17) is 0 Å². The van der Waals surface area contributed by atoms with E-state index in [0.717, 1.165) is 19.0 Å². The van der Waals surface area contributed by atoms with Gasteiger partial charge in [0.1, 0.15) is 11.6 Å². The summed E-state index contributed by atoms with van der Waals surface area (Å²) in [6.07, 6.45) is 5.03. The highest BCUT2D eigenvalue weighted by atomic mass is 19.1. The number of halogens is 2. The Kier molecular flexibility index (Phi) is 4.90. The van der Waals surface area contributed by atoms with Gasteiger partial charge in [-0.3, -0.25) is 0 Å². The van der Waals surface area contributed by atoms with E-state index in [1.165, 1.54) is 17.7 Å². The molecule has 2 rings (SSSR count). The van der Waals surface area contributed by atoms with Gasteiger partial charge >= 0.3 is 0 Å². The summed E-state index contributed by atoms with van der Waals surface area (Å²) >= 11 is 0. The van der Waals surface area contributed by atoms with Gasteiger partial charge in [0.15, 0.2) is 0 Å². The first kappa shape index (κ1) is 14.7. The van der Waals surface area contributed by atoms with Crippen molar-refractivity contribution in [3.05, 3.63) is 59.4 Å². The Morgan fingerprint density at radius 2 is 1.90 bits per heavy atom. The fourth-order valence-electron chi connectivity index (χ4n) is 2.21. The van der Waals surface area contributed by atoms with E-state index in [-0.39, 0.29) is 6.04 Å². The van der Waals surface area contributed by atoms with Crippen molar-refractivity contribution >= 4 is 0 Å². The van der Waals surface area contributed by atoms with Crippen LogP contribution in [-0.2, 0) is 6.54 Å². The predicted molar refractivity (Wildman–Crippen MR) is 76.6 cm³/mol. The minimum Gasteiger partial charge on any atom is -0.350 e. The molecule has 2 aromatic rings. The first-order valence-electron chi connectivity index (χ1n) is 6.92. The second-order valence-electron chi connectivity index (χ2n) is 5.07. The van der Waals surface area contributed by atoms with E-state index >= 15 is 0 Å². The second-order valence-corrected chi connectivity index (χ2v) is 5.07. The number of benzene rings is 1. The van der Waals surface area contributed by atoms with Crippen LogP contribution in [-0.4, -0.2) is 11.1 Å². The quantitative estimate of drug-likeness (QED) is 0.848. The zero-order valence-electron chi connectivity index (χ0n) is 11.9. The van der Waals surface area contributed by atoms with Crippen LogP contribution in [0.2, 0.25) is 0 Å². The van der Waals surface area contributed by atoms with Gasteiger partial charge < -0.3 is 9.88 Å². The van der Waals surface area contributed by atoms with Crippen molar-refractivity contribution in [1.29, 1.82) is 0 Å². The molecule has 4 heteroatoms. The first-order chi connectivity index (χ1) is 9.58. The summed E-state index contributed by atoms with van der Waals surface area (Å²) in [4.78, 5) is 0. The lowest BCUT2D eigenvalue weighted by atomic mass is 10.2. The van der Waals surface area contributed by atoms with Gasteiger partial charge in [-0.15, -0.1) is 0 Å². The lowest BCUT2D eigenvalue weighted by Crippen LogP contribution is -2.18. The zero-order valence-corrected chi connectivity index (χ0v) is 11.9. The molecule has 108 valence electrons. The van der Waals surface area contributed by atoms with Crippen molar-refractivity contribution in [1.82, 2.24) is 9.88 Å². The van der Waals surface area contributed by atoms with Crippen molar-refractivity contribution in [2.45, 2.75) is 32.9 Å². The number of hydrogen-bond donors (Lipinski definition) is 1. The van der Waals surface area contributed by atoms with Crippen molar-refractivity contribution in [3.8, 4) is 0 Å². The molecular formula is C16H20F2N2. The molecule has 0 bridgehead atoms. The Labute approximate surface area is 118 Å². The Bertz CT molecular complexity index is 543. The van der Waals surface area contributed by atoms with Crippen molar-refractivity contribution < 1.29 is 8.78 Å². The fourth-order valence-corrected chi connectivity index (χ4v) is 2.21. The van der Waals surface area contributed by atoms with Gasteiger partial charge in [0.2, 0.25) is 0 Å². The van der Waals surface area contributed by atoms with Crippen LogP contribution < -0.4 is 5.32 Å². The summed E-state index contributed by atoms with van der Waals surface area (Å²) in [6.45, 7) is 5.68.